The summed E-state index contributed by atoms with van der Waals surface area (Å²) in [5, 5.41) is 5.49. The molecule has 0 radical (unpaired) electrons. The van der Waals surface area contributed by atoms with Crippen molar-refractivity contribution < 1.29 is 19.1 Å². The fraction of sp³-hybridized carbons (Fsp3) is 0.556. The van der Waals surface area contributed by atoms with Crippen LogP contribution in [-0.2, 0) is 16.1 Å². The molecule has 134 valence electrons. The third kappa shape index (κ3) is 9.02. The largest absolute Gasteiger partial charge is 0.494 e. The zero-order chi connectivity index (χ0) is 18.0. The van der Waals surface area contributed by atoms with Crippen LogP contribution in [0.25, 0.3) is 0 Å². The van der Waals surface area contributed by atoms with E-state index in [1.54, 1.807) is 20.8 Å². The van der Waals surface area contributed by atoms with Gasteiger partial charge in [0.2, 0.25) is 5.91 Å². The molecule has 6 heteroatoms. The van der Waals surface area contributed by atoms with Crippen molar-refractivity contribution in [3.8, 4) is 5.75 Å². The summed E-state index contributed by atoms with van der Waals surface area (Å²) in [6.45, 7) is 8.82. The van der Waals surface area contributed by atoms with Gasteiger partial charge in [-0.2, -0.15) is 0 Å². The topological polar surface area (TPSA) is 76.7 Å². The molecule has 6 nitrogen and oxygen atoms in total. The first-order valence-corrected chi connectivity index (χ1v) is 8.25. The summed E-state index contributed by atoms with van der Waals surface area (Å²) in [5.74, 6) is 0.744. The number of amides is 2. The maximum absolute atomic E-state index is 11.8. The molecule has 0 atom stereocenters. The molecule has 1 rings (SSSR count). The van der Waals surface area contributed by atoms with Gasteiger partial charge in [-0.25, -0.2) is 4.79 Å². The van der Waals surface area contributed by atoms with Crippen molar-refractivity contribution in [2.75, 3.05) is 13.2 Å². The minimum absolute atomic E-state index is 0.0530. The van der Waals surface area contributed by atoms with Crippen LogP contribution in [0.3, 0.4) is 0 Å². The molecule has 1 aromatic rings. The van der Waals surface area contributed by atoms with E-state index in [1.807, 2.05) is 31.2 Å². The number of alkyl carbamates (subject to hydrolysis) is 1. The lowest BCUT2D eigenvalue weighted by atomic mass is 10.2. The van der Waals surface area contributed by atoms with Crippen molar-refractivity contribution >= 4 is 12.0 Å². The van der Waals surface area contributed by atoms with Crippen LogP contribution in [0.4, 0.5) is 4.79 Å². The Morgan fingerprint density at radius 3 is 2.58 bits per heavy atom. The summed E-state index contributed by atoms with van der Waals surface area (Å²) in [6, 6.07) is 7.63. The van der Waals surface area contributed by atoms with Gasteiger partial charge >= 0.3 is 6.09 Å². The Morgan fingerprint density at radius 2 is 1.92 bits per heavy atom. The molecule has 24 heavy (non-hydrogen) atoms. The van der Waals surface area contributed by atoms with Gasteiger partial charge in [0, 0.05) is 19.5 Å². The summed E-state index contributed by atoms with van der Waals surface area (Å²) in [4.78, 5) is 23.3. The number of hydrogen-bond donors (Lipinski definition) is 2. The van der Waals surface area contributed by atoms with Crippen LogP contribution in [0.5, 0.6) is 5.75 Å². The highest BCUT2D eigenvalue weighted by molar-refractivity contribution is 5.76. The molecule has 0 aliphatic carbocycles. The molecule has 0 saturated carbocycles. The van der Waals surface area contributed by atoms with E-state index >= 15 is 0 Å². The Kier molecular flexibility index (Phi) is 8.09. The van der Waals surface area contributed by atoms with E-state index in [-0.39, 0.29) is 5.91 Å². The van der Waals surface area contributed by atoms with Gasteiger partial charge in [-0.05, 0) is 51.8 Å². The summed E-state index contributed by atoms with van der Waals surface area (Å²) in [6.07, 6.45) is 0.445. The number of ether oxygens (including phenoxy) is 2. The predicted molar refractivity (Wildman–Crippen MR) is 92.9 cm³/mol. The summed E-state index contributed by atoms with van der Waals surface area (Å²) in [7, 11) is 0. The fourth-order valence-corrected chi connectivity index (χ4v) is 1.95. The molecule has 2 amide bonds. The van der Waals surface area contributed by atoms with Gasteiger partial charge in [0.1, 0.15) is 11.4 Å². The van der Waals surface area contributed by atoms with Crippen molar-refractivity contribution in [1.82, 2.24) is 10.6 Å². The van der Waals surface area contributed by atoms with Crippen LogP contribution in [0.15, 0.2) is 24.3 Å². The van der Waals surface area contributed by atoms with Gasteiger partial charge in [0.15, 0.2) is 0 Å². The second-order valence-corrected chi connectivity index (χ2v) is 6.39. The molecule has 0 bridgehead atoms. The van der Waals surface area contributed by atoms with E-state index in [0.717, 1.165) is 11.3 Å². The highest BCUT2D eigenvalue weighted by Crippen LogP contribution is 2.13. The van der Waals surface area contributed by atoms with Gasteiger partial charge in [-0.3, -0.25) is 4.79 Å². The van der Waals surface area contributed by atoms with E-state index in [0.29, 0.717) is 32.5 Å². The maximum Gasteiger partial charge on any atom is 0.407 e. The fourth-order valence-electron chi connectivity index (χ4n) is 1.95. The first-order valence-electron chi connectivity index (χ1n) is 8.25. The van der Waals surface area contributed by atoms with Gasteiger partial charge < -0.3 is 20.1 Å². The van der Waals surface area contributed by atoms with Crippen LogP contribution in [0.2, 0.25) is 0 Å². The van der Waals surface area contributed by atoms with Crippen LogP contribution >= 0.6 is 0 Å². The highest BCUT2D eigenvalue weighted by Gasteiger charge is 2.15. The molecule has 1 aromatic carbocycles. The van der Waals surface area contributed by atoms with E-state index in [2.05, 4.69) is 10.6 Å². The van der Waals surface area contributed by atoms with Crippen molar-refractivity contribution in [2.45, 2.75) is 52.7 Å². The van der Waals surface area contributed by atoms with Crippen molar-refractivity contribution in [2.24, 2.45) is 0 Å². The average molecular weight is 336 g/mol. The van der Waals surface area contributed by atoms with Crippen molar-refractivity contribution in [3.05, 3.63) is 29.8 Å². The number of hydrogen-bond acceptors (Lipinski definition) is 4. The van der Waals surface area contributed by atoms with Gasteiger partial charge in [0.25, 0.3) is 0 Å². The number of nitrogens with one attached hydrogen (secondary N) is 2. The van der Waals surface area contributed by atoms with Gasteiger partial charge in [-0.15, -0.1) is 0 Å². The van der Waals surface area contributed by atoms with Crippen LogP contribution < -0.4 is 15.4 Å². The molecule has 0 saturated heterocycles. The third-order valence-electron chi connectivity index (χ3n) is 2.95. The second-order valence-electron chi connectivity index (χ2n) is 6.39. The molecule has 0 fully saturated rings. The molecular weight excluding hydrogens is 308 g/mol. The Bertz CT molecular complexity index is 538. The zero-order valence-corrected chi connectivity index (χ0v) is 15.0. The van der Waals surface area contributed by atoms with E-state index in [9.17, 15) is 9.59 Å². The lowest BCUT2D eigenvalue weighted by Crippen LogP contribution is -2.33. The molecule has 0 aliphatic rings. The lowest BCUT2D eigenvalue weighted by molar-refractivity contribution is -0.121. The Balaban J connectivity index is 2.20. The molecule has 0 spiro atoms. The summed E-state index contributed by atoms with van der Waals surface area (Å²) < 4.78 is 10.5. The predicted octanol–water partition coefficient (Wildman–Crippen LogP) is 3.01. The zero-order valence-electron chi connectivity index (χ0n) is 15.0. The normalized spacial score (nSPS) is 10.8. The molecule has 0 heterocycles. The van der Waals surface area contributed by atoms with Crippen LogP contribution in [0, 0.1) is 0 Å². The Labute approximate surface area is 143 Å². The van der Waals surface area contributed by atoms with Gasteiger partial charge in [0.05, 0.1) is 6.61 Å². The van der Waals surface area contributed by atoms with Crippen LogP contribution in [-0.4, -0.2) is 30.8 Å². The number of carbonyl (C=O) groups is 2. The quantitative estimate of drug-likeness (QED) is 0.716. The summed E-state index contributed by atoms with van der Waals surface area (Å²) in [5.41, 5.74) is 0.471. The Morgan fingerprint density at radius 1 is 1.17 bits per heavy atom. The minimum atomic E-state index is -0.516. The van der Waals surface area contributed by atoms with Crippen molar-refractivity contribution in [1.29, 1.82) is 0 Å². The molecule has 0 unspecified atom stereocenters. The monoisotopic (exact) mass is 336 g/mol. The van der Waals surface area contributed by atoms with Crippen LogP contribution in [0.1, 0.15) is 46.1 Å². The first-order chi connectivity index (χ1) is 11.3. The maximum atomic E-state index is 11.8. The molecule has 0 aliphatic heterocycles. The molecular formula is C18H28N2O4. The standard InChI is InChI=1S/C18H28N2O4/c1-5-23-15-9-6-8-14(12-15)13-20-16(21)10-7-11-19-17(22)24-18(2,3)4/h6,8-9,12H,5,7,10-11,13H2,1-4H3,(H,19,22)(H,20,21). The first kappa shape index (κ1) is 19.8. The molecule has 2 N–H and O–H groups in total. The number of rotatable bonds is 8. The average Bonchev–Trinajstić information content (AvgIpc) is 2.48. The van der Waals surface area contributed by atoms with Gasteiger partial charge in [-0.1, -0.05) is 12.1 Å². The summed E-state index contributed by atoms with van der Waals surface area (Å²) >= 11 is 0. The van der Waals surface area contributed by atoms with E-state index in [1.165, 1.54) is 0 Å². The Hall–Kier alpha value is -2.24. The minimum Gasteiger partial charge on any atom is -0.494 e. The van der Waals surface area contributed by atoms with E-state index in [4.69, 9.17) is 9.47 Å². The molecule has 0 aromatic heterocycles. The highest BCUT2D eigenvalue weighted by atomic mass is 16.6. The second kappa shape index (κ2) is 9.80. The number of benzene rings is 1. The smallest absolute Gasteiger partial charge is 0.407 e. The lowest BCUT2D eigenvalue weighted by Gasteiger charge is -2.19. The van der Waals surface area contributed by atoms with Crippen molar-refractivity contribution in [3.63, 3.8) is 0 Å². The number of carbonyl (C=O) groups excluding carboxylic acids is 2. The SMILES string of the molecule is CCOc1cccc(CNC(=O)CCCNC(=O)OC(C)(C)C)c1. The third-order valence-corrected chi connectivity index (χ3v) is 2.95. The van der Waals surface area contributed by atoms with E-state index < -0.39 is 11.7 Å².